The van der Waals surface area contributed by atoms with E-state index in [4.69, 9.17) is 0 Å². The average Bonchev–Trinajstić information content (AvgIpc) is 2.80. The molecule has 3 unspecified atom stereocenters. The Morgan fingerprint density at radius 3 is 2.67 bits per heavy atom. The number of nitrogens with one attached hydrogen (secondary N) is 1. The first-order chi connectivity index (χ1) is 8.52. The summed E-state index contributed by atoms with van der Waals surface area (Å²) in [6.45, 7) is 9.66. The molecule has 2 aliphatic rings. The molecular weight excluding hydrogens is 230 g/mol. The number of nitrogens with zero attached hydrogens (tertiary/aromatic N) is 2. The summed E-state index contributed by atoms with van der Waals surface area (Å²) in [5, 5.41) is 2.71. The van der Waals surface area contributed by atoms with Gasteiger partial charge in [0, 0.05) is 13.1 Å². The van der Waals surface area contributed by atoms with Crippen molar-refractivity contribution in [3.8, 4) is 0 Å². The molecule has 5 nitrogen and oxygen atoms in total. The van der Waals surface area contributed by atoms with E-state index in [9.17, 15) is 9.59 Å². The van der Waals surface area contributed by atoms with Gasteiger partial charge in [0.25, 0.3) is 0 Å². The zero-order valence-electron chi connectivity index (χ0n) is 11.5. The van der Waals surface area contributed by atoms with Gasteiger partial charge in [-0.15, -0.1) is 0 Å². The number of piperazine rings is 1. The molecular formula is C13H23N3O2. The molecule has 0 aromatic heterocycles. The predicted molar refractivity (Wildman–Crippen MR) is 69.0 cm³/mol. The molecule has 0 aliphatic carbocycles. The molecule has 2 heterocycles. The van der Waals surface area contributed by atoms with Crippen LogP contribution >= 0.6 is 0 Å². The van der Waals surface area contributed by atoms with Crippen molar-refractivity contribution in [1.82, 2.24) is 15.1 Å². The first kappa shape index (κ1) is 13.3. The minimum absolute atomic E-state index is 0.0348. The number of rotatable bonds is 3. The number of amides is 2. The van der Waals surface area contributed by atoms with E-state index in [-0.39, 0.29) is 23.9 Å². The molecule has 0 spiro atoms. The zero-order chi connectivity index (χ0) is 13.3. The van der Waals surface area contributed by atoms with E-state index in [1.807, 2.05) is 6.92 Å². The second kappa shape index (κ2) is 5.26. The Morgan fingerprint density at radius 2 is 2.06 bits per heavy atom. The lowest BCUT2D eigenvalue weighted by Gasteiger charge is -2.37. The SMILES string of the molecule is CCN1CCC(CN2C(=O)C(C)NC(=O)C2C)C1. The van der Waals surface area contributed by atoms with Crippen LogP contribution in [0.3, 0.4) is 0 Å². The number of hydrogen-bond donors (Lipinski definition) is 1. The van der Waals surface area contributed by atoms with Crippen LogP contribution in [0, 0.1) is 5.92 Å². The minimum atomic E-state index is -0.377. The normalized spacial score (nSPS) is 33.9. The van der Waals surface area contributed by atoms with Gasteiger partial charge in [0.15, 0.2) is 0 Å². The molecule has 0 aromatic rings. The summed E-state index contributed by atoms with van der Waals surface area (Å²) >= 11 is 0. The Hall–Kier alpha value is -1.10. The Bertz CT molecular complexity index is 345. The van der Waals surface area contributed by atoms with E-state index in [0.717, 1.165) is 26.1 Å². The van der Waals surface area contributed by atoms with Gasteiger partial charge in [-0.05, 0) is 39.3 Å². The first-order valence-corrected chi connectivity index (χ1v) is 6.86. The van der Waals surface area contributed by atoms with Gasteiger partial charge >= 0.3 is 0 Å². The molecule has 1 N–H and O–H groups in total. The summed E-state index contributed by atoms with van der Waals surface area (Å²) in [5.74, 6) is 0.527. The molecule has 0 bridgehead atoms. The van der Waals surface area contributed by atoms with Crippen molar-refractivity contribution in [1.29, 1.82) is 0 Å². The maximum Gasteiger partial charge on any atom is 0.245 e. The van der Waals surface area contributed by atoms with E-state index >= 15 is 0 Å². The van der Waals surface area contributed by atoms with E-state index in [1.54, 1.807) is 11.8 Å². The third-order valence-corrected chi connectivity index (χ3v) is 4.13. The molecule has 102 valence electrons. The van der Waals surface area contributed by atoms with Crippen LogP contribution in [0.4, 0.5) is 0 Å². The lowest BCUT2D eigenvalue weighted by Crippen LogP contribution is -2.62. The van der Waals surface area contributed by atoms with Gasteiger partial charge in [0.05, 0.1) is 0 Å². The quantitative estimate of drug-likeness (QED) is 0.774. The zero-order valence-corrected chi connectivity index (χ0v) is 11.5. The van der Waals surface area contributed by atoms with Crippen LogP contribution in [0.15, 0.2) is 0 Å². The van der Waals surface area contributed by atoms with Gasteiger partial charge in [0.1, 0.15) is 12.1 Å². The molecule has 2 fully saturated rings. The fourth-order valence-electron chi connectivity index (χ4n) is 2.85. The molecule has 0 aromatic carbocycles. The topological polar surface area (TPSA) is 52.6 Å². The van der Waals surface area contributed by atoms with E-state index in [1.165, 1.54) is 0 Å². The number of likely N-dealkylation sites (tertiary alicyclic amines) is 1. The molecule has 2 aliphatic heterocycles. The summed E-state index contributed by atoms with van der Waals surface area (Å²) < 4.78 is 0. The van der Waals surface area contributed by atoms with Crippen LogP contribution in [0.25, 0.3) is 0 Å². The maximum atomic E-state index is 12.1. The van der Waals surface area contributed by atoms with Crippen molar-refractivity contribution in [3.05, 3.63) is 0 Å². The Balaban J connectivity index is 1.98. The number of hydrogen-bond acceptors (Lipinski definition) is 3. The first-order valence-electron chi connectivity index (χ1n) is 6.86. The Kier molecular flexibility index (Phi) is 3.90. The monoisotopic (exact) mass is 253 g/mol. The van der Waals surface area contributed by atoms with E-state index in [2.05, 4.69) is 17.1 Å². The molecule has 5 heteroatoms. The highest BCUT2D eigenvalue weighted by Gasteiger charge is 2.37. The van der Waals surface area contributed by atoms with Crippen molar-refractivity contribution in [2.24, 2.45) is 5.92 Å². The molecule has 2 rings (SSSR count). The highest BCUT2D eigenvalue weighted by atomic mass is 16.2. The van der Waals surface area contributed by atoms with Gasteiger partial charge in [-0.1, -0.05) is 6.92 Å². The van der Waals surface area contributed by atoms with Gasteiger partial charge < -0.3 is 15.1 Å². The molecule has 0 saturated carbocycles. The van der Waals surface area contributed by atoms with Crippen molar-refractivity contribution < 1.29 is 9.59 Å². The van der Waals surface area contributed by atoms with Crippen LogP contribution < -0.4 is 5.32 Å². The Labute approximate surface area is 108 Å². The van der Waals surface area contributed by atoms with Crippen molar-refractivity contribution >= 4 is 11.8 Å². The van der Waals surface area contributed by atoms with Crippen LogP contribution in [0.5, 0.6) is 0 Å². The van der Waals surface area contributed by atoms with E-state index < -0.39 is 0 Å². The number of carbonyl (C=O) groups is 2. The largest absolute Gasteiger partial charge is 0.343 e. The number of carbonyl (C=O) groups excluding carboxylic acids is 2. The minimum Gasteiger partial charge on any atom is -0.343 e. The average molecular weight is 253 g/mol. The van der Waals surface area contributed by atoms with Crippen molar-refractivity contribution in [3.63, 3.8) is 0 Å². The van der Waals surface area contributed by atoms with Crippen molar-refractivity contribution in [2.75, 3.05) is 26.2 Å². The standard InChI is InChI=1S/C13H23N3O2/c1-4-15-6-5-11(7-15)8-16-10(3)12(17)14-9(2)13(16)18/h9-11H,4-8H2,1-3H3,(H,14,17). The van der Waals surface area contributed by atoms with Gasteiger partial charge in [-0.2, -0.15) is 0 Å². The fraction of sp³-hybridized carbons (Fsp3) is 0.846. The van der Waals surface area contributed by atoms with Crippen LogP contribution in [0.2, 0.25) is 0 Å². The van der Waals surface area contributed by atoms with Gasteiger partial charge in [-0.25, -0.2) is 0 Å². The highest BCUT2D eigenvalue weighted by molar-refractivity contribution is 5.96. The molecule has 18 heavy (non-hydrogen) atoms. The lowest BCUT2D eigenvalue weighted by molar-refractivity contribution is -0.148. The predicted octanol–water partition coefficient (Wildman–Crippen LogP) is 0.0636. The smallest absolute Gasteiger partial charge is 0.245 e. The second-order valence-electron chi connectivity index (χ2n) is 5.44. The van der Waals surface area contributed by atoms with Crippen LogP contribution in [-0.2, 0) is 9.59 Å². The van der Waals surface area contributed by atoms with Gasteiger partial charge in [-0.3, -0.25) is 9.59 Å². The highest BCUT2D eigenvalue weighted by Crippen LogP contribution is 2.20. The second-order valence-corrected chi connectivity index (χ2v) is 5.44. The Morgan fingerprint density at radius 1 is 1.33 bits per heavy atom. The van der Waals surface area contributed by atoms with E-state index in [0.29, 0.717) is 12.5 Å². The molecule has 3 atom stereocenters. The van der Waals surface area contributed by atoms with Gasteiger partial charge in [0.2, 0.25) is 11.8 Å². The summed E-state index contributed by atoms with van der Waals surface area (Å²) in [5.41, 5.74) is 0. The summed E-state index contributed by atoms with van der Waals surface area (Å²) in [6.07, 6.45) is 1.13. The summed E-state index contributed by atoms with van der Waals surface area (Å²) in [7, 11) is 0. The third kappa shape index (κ3) is 2.51. The fourth-order valence-corrected chi connectivity index (χ4v) is 2.85. The van der Waals surface area contributed by atoms with Crippen LogP contribution in [-0.4, -0.2) is 59.9 Å². The molecule has 2 saturated heterocycles. The summed E-state index contributed by atoms with van der Waals surface area (Å²) in [6, 6.07) is -0.707. The van der Waals surface area contributed by atoms with Crippen molar-refractivity contribution in [2.45, 2.75) is 39.3 Å². The third-order valence-electron chi connectivity index (χ3n) is 4.13. The maximum absolute atomic E-state index is 12.1. The van der Waals surface area contributed by atoms with Crippen LogP contribution in [0.1, 0.15) is 27.2 Å². The molecule has 0 radical (unpaired) electrons. The lowest BCUT2D eigenvalue weighted by atomic mass is 10.0. The molecule has 2 amide bonds. The summed E-state index contributed by atoms with van der Waals surface area (Å²) in [4.78, 5) is 28.0.